The molecule has 0 unspecified atom stereocenters. The van der Waals surface area contributed by atoms with Crippen LogP contribution in [0.25, 0.3) is 99.8 Å². The van der Waals surface area contributed by atoms with Crippen LogP contribution < -0.4 is 0 Å². The Morgan fingerprint density at radius 1 is 0.326 bits per heavy atom. The van der Waals surface area contributed by atoms with Crippen LogP contribution in [0.15, 0.2) is 140 Å². The first-order valence-corrected chi connectivity index (χ1v) is 15.9. The van der Waals surface area contributed by atoms with E-state index in [2.05, 4.69) is 164 Å². The third-order valence-corrected chi connectivity index (χ3v) is 9.77. The Balaban J connectivity index is 1.09. The van der Waals surface area contributed by atoms with Gasteiger partial charge in [-0.2, -0.15) is 0 Å². The number of rotatable bonds is 4. The van der Waals surface area contributed by atoms with Crippen molar-refractivity contribution in [3.05, 3.63) is 162 Å². The lowest BCUT2D eigenvalue weighted by molar-refractivity contribution is 1.37. The van der Waals surface area contributed by atoms with Gasteiger partial charge in [0, 0.05) is 5.39 Å². The van der Waals surface area contributed by atoms with Gasteiger partial charge >= 0.3 is 0 Å². The van der Waals surface area contributed by atoms with Gasteiger partial charge in [-0.15, -0.1) is 0 Å². The molecule has 0 aliphatic rings. The first-order valence-electron chi connectivity index (χ1n) is 15.9. The zero-order valence-electron chi connectivity index (χ0n) is 25.0. The monoisotopic (exact) mass is 581 g/mol. The van der Waals surface area contributed by atoms with Crippen molar-refractivity contribution in [2.45, 2.75) is 0 Å². The van der Waals surface area contributed by atoms with E-state index in [0.29, 0.717) is 0 Å². The van der Waals surface area contributed by atoms with Gasteiger partial charge in [0.15, 0.2) is 0 Å². The number of nitrogens with zero attached hydrogens (tertiary/aromatic N) is 1. The van der Waals surface area contributed by atoms with Gasteiger partial charge < -0.3 is 0 Å². The van der Waals surface area contributed by atoms with Crippen molar-refractivity contribution in [3.63, 3.8) is 0 Å². The van der Waals surface area contributed by atoms with Gasteiger partial charge in [-0.25, -0.2) is 4.98 Å². The molecule has 10 aromatic rings. The second kappa shape index (κ2) is 9.72. The van der Waals surface area contributed by atoms with Crippen molar-refractivity contribution in [2.24, 2.45) is 0 Å². The summed E-state index contributed by atoms with van der Waals surface area (Å²) in [7, 11) is 0. The molecule has 46 heavy (non-hydrogen) atoms. The molecule has 10 rings (SSSR count). The van der Waals surface area contributed by atoms with Crippen LogP contribution in [0, 0.1) is 0 Å². The maximum Gasteiger partial charge on any atom is 0.0715 e. The molecule has 1 nitrogen and oxygen atoms in total. The third-order valence-electron chi connectivity index (χ3n) is 9.77. The summed E-state index contributed by atoms with van der Waals surface area (Å²) in [4.78, 5) is 5.05. The van der Waals surface area contributed by atoms with Crippen LogP contribution in [-0.2, 0) is 0 Å². The van der Waals surface area contributed by atoms with Gasteiger partial charge in [0.25, 0.3) is 0 Å². The second-order valence-electron chi connectivity index (χ2n) is 12.3. The summed E-state index contributed by atoms with van der Waals surface area (Å²) in [5.74, 6) is 0. The van der Waals surface area contributed by atoms with E-state index in [0.717, 1.165) is 22.2 Å². The summed E-state index contributed by atoms with van der Waals surface area (Å²) in [6.45, 7) is 0. The Labute approximate surface area is 266 Å². The molecule has 0 N–H and O–H groups in total. The molecule has 1 aromatic heterocycles. The standard InChI is InChI=1S/C45H27N/c1-2-10-41-38(9-1)36(20-13-28-11-14-34-18-16-30-5-3-7-32-22-25-39(28)44(34)42(30)32)27-37(46-41)24-21-29-12-15-35-19-17-31-6-4-8-33-23-26-40(29)45(35)43(31)33/h1-27H/b20-13+,24-21+. The Morgan fingerprint density at radius 2 is 0.783 bits per heavy atom. The SMILES string of the molecule is C(=C\c1ccc2ccc3cccc4ccc1c2c34)/c1cc(/C=C/c2ccc3ccc4cccc5ccc2c3c45)c2ccccc2n1. The molecule has 0 spiro atoms. The fourth-order valence-electron chi connectivity index (χ4n) is 7.61. The highest BCUT2D eigenvalue weighted by molar-refractivity contribution is 6.25. The normalized spacial score (nSPS) is 12.6. The zero-order valence-corrected chi connectivity index (χ0v) is 25.0. The highest BCUT2D eigenvalue weighted by Crippen LogP contribution is 2.38. The van der Waals surface area contributed by atoms with Crippen LogP contribution in [0.3, 0.4) is 0 Å². The predicted octanol–water partition coefficient (Wildman–Crippen LogP) is 12.4. The zero-order chi connectivity index (χ0) is 30.2. The summed E-state index contributed by atoms with van der Waals surface area (Å²) in [5, 5.41) is 16.8. The van der Waals surface area contributed by atoms with E-state index < -0.39 is 0 Å². The van der Waals surface area contributed by atoms with Crippen molar-refractivity contribution in [1.29, 1.82) is 0 Å². The van der Waals surface area contributed by atoms with Gasteiger partial charge in [-0.3, -0.25) is 0 Å². The minimum atomic E-state index is 0.944. The largest absolute Gasteiger partial charge is 0.248 e. The summed E-state index contributed by atoms with van der Waals surface area (Å²) in [6, 6.07) is 50.7. The Kier molecular flexibility index (Phi) is 5.35. The molecular formula is C45H27N. The lowest BCUT2D eigenvalue weighted by Crippen LogP contribution is -1.89. The van der Waals surface area contributed by atoms with Crippen molar-refractivity contribution >= 4 is 99.8 Å². The molecule has 0 amide bonds. The Hall–Kier alpha value is -6.05. The molecular weight excluding hydrogens is 555 g/mol. The summed E-state index contributed by atoms with van der Waals surface area (Å²) in [5.41, 5.74) is 5.52. The number of fused-ring (bicyclic) bond motifs is 1. The quantitative estimate of drug-likeness (QED) is 0.188. The van der Waals surface area contributed by atoms with Gasteiger partial charge in [-0.1, -0.05) is 146 Å². The molecule has 0 aliphatic heterocycles. The molecule has 1 heterocycles. The highest BCUT2D eigenvalue weighted by atomic mass is 14.7. The fourth-order valence-corrected chi connectivity index (χ4v) is 7.61. The van der Waals surface area contributed by atoms with E-state index >= 15 is 0 Å². The van der Waals surface area contributed by atoms with Crippen molar-refractivity contribution < 1.29 is 0 Å². The topological polar surface area (TPSA) is 12.9 Å². The van der Waals surface area contributed by atoms with E-state index in [9.17, 15) is 0 Å². The molecule has 0 fully saturated rings. The fraction of sp³-hybridized carbons (Fsp3) is 0. The molecule has 0 atom stereocenters. The number of aromatic nitrogens is 1. The number of pyridine rings is 1. The number of para-hydroxylation sites is 1. The van der Waals surface area contributed by atoms with E-state index in [4.69, 9.17) is 4.98 Å². The lowest BCUT2D eigenvalue weighted by Gasteiger charge is -2.12. The van der Waals surface area contributed by atoms with E-state index in [1.807, 2.05) is 0 Å². The number of benzene rings is 9. The van der Waals surface area contributed by atoms with Crippen LogP contribution in [0.1, 0.15) is 22.4 Å². The Bertz CT molecular complexity index is 2820. The van der Waals surface area contributed by atoms with Gasteiger partial charge in [0.2, 0.25) is 0 Å². The van der Waals surface area contributed by atoms with Crippen LogP contribution in [0.5, 0.6) is 0 Å². The molecule has 0 aliphatic carbocycles. The maximum absolute atomic E-state index is 5.05. The van der Waals surface area contributed by atoms with Crippen LogP contribution in [0.4, 0.5) is 0 Å². The molecule has 9 aromatic carbocycles. The predicted molar refractivity (Wildman–Crippen MR) is 200 cm³/mol. The maximum atomic E-state index is 5.05. The minimum Gasteiger partial charge on any atom is -0.248 e. The van der Waals surface area contributed by atoms with Crippen molar-refractivity contribution in [3.8, 4) is 0 Å². The Morgan fingerprint density at radius 3 is 1.37 bits per heavy atom. The molecule has 212 valence electrons. The van der Waals surface area contributed by atoms with Crippen LogP contribution in [0.2, 0.25) is 0 Å². The first kappa shape index (κ1) is 25.3. The summed E-state index contributed by atoms with van der Waals surface area (Å²) >= 11 is 0. The van der Waals surface area contributed by atoms with Crippen molar-refractivity contribution in [2.75, 3.05) is 0 Å². The molecule has 0 bridgehead atoms. The number of hydrogen-bond acceptors (Lipinski definition) is 1. The highest BCUT2D eigenvalue weighted by Gasteiger charge is 2.12. The van der Waals surface area contributed by atoms with Gasteiger partial charge in [0.1, 0.15) is 0 Å². The lowest BCUT2D eigenvalue weighted by atomic mass is 9.91. The van der Waals surface area contributed by atoms with E-state index in [1.165, 1.54) is 75.8 Å². The average Bonchev–Trinajstić information content (AvgIpc) is 3.11. The molecule has 0 saturated carbocycles. The smallest absolute Gasteiger partial charge is 0.0715 e. The minimum absolute atomic E-state index is 0.944. The molecule has 1 heteroatoms. The first-order chi connectivity index (χ1) is 22.8. The second-order valence-corrected chi connectivity index (χ2v) is 12.3. The van der Waals surface area contributed by atoms with E-state index in [1.54, 1.807) is 0 Å². The third kappa shape index (κ3) is 3.79. The molecule has 0 radical (unpaired) electrons. The van der Waals surface area contributed by atoms with Crippen LogP contribution in [-0.4, -0.2) is 4.98 Å². The average molecular weight is 582 g/mol. The van der Waals surface area contributed by atoms with Crippen molar-refractivity contribution in [1.82, 2.24) is 4.98 Å². The van der Waals surface area contributed by atoms with Gasteiger partial charge in [0.05, 0.1) is 11.2 Å². The van der Waals surface area contributed by atoms with Gasteiger partial charge in [-0.05, 0) is 99.5 Å². The summed E-state index contributed by atoms with van der Waals surface area (Å²) < 4.78 is 0. The number of hydrogen-bond donors (Lipinski definition) is 0. The summed E-state index contributed by atoms with van der Waals surface area (Å²) in [6.07, 6.45) is 8.90. The molecule has 0 saturated heterocycles. The van der Waals surface area contributed by atoms with E-state index in [-0.39, 0.29) is 0 Å². The van der Waals surface area contributed by atoms with Crippen LogP contribution >= 0.6 is 0 Å².